The normalized spacial score (nSPS) is 9.86. The van der Waals surface area contributed by atoms with Gasteiger partial charge in [0, 0.05) is 10.5 Å². The molecule has 22 heavy (non-hydrogen) atoms. The standard InChI is InChI=1S/C16H16N2O3S/c1-21-13-8-5-9-14(10-13)22-11-15(19)17-18-16(20)12-6-3-2-4-7-12/h2-10H,11H2,1H3,(H,17,19)(H,18,20). The van der Waals surface area contributed by atoms with Gasteiger partial charge in [-0.1, -0.05) is 24.3 Å². The van der Waals surface area contributed by atoms with Gasteiger partial charge in [-0.25, -0.2) is 0 Å². The van der Waals surface area contributed by atoms with E-state index in [1.165, 1.54) is 11.8 Å². The first-order valence-electron chi connectivity index (χ1n) is 6.60. The molecule has 0 atom stereocenters. The number of rotatable bonds is 5. The molecule has 0 aliphatic rings. The van der Waals surface area contributed by atoms with Crippen molar-refractivity contribution < 1.29 is 14.3 Å². The van der Waals surface area contributed by atoms with Gasteiger partial charge >= 0.3 is 0 Å². The van der Waals surface area contributed by atoms with Gasteiger partial charge in [0.25, 0.3) is 5.91 Å². The third-order valence-electron chi connectivity index (χ3n) is 2.76. The minimum absolute atomic E-state index is 0.197. The maximum atomic E-state index is 11.8. The van der Waals surface area contributed by atoms with Crippen molar-refractivity contribution in [1.82, 2.24) is 10.9 Å². The average Bonchev–Trinajstić information content (AvgIpc) is 2.58. The summed E-state index contributed by atoms with van der Waals surface area (Å²) in [5.41, 5.74) is 5.26. The Morgan fingerprint density at radius 3 is 2.55 bits per heavy atom. The molecule has 0 aliphatic heterocycles. The minimum atomic E-state index is -0.347. The van der Waals surface area contributed by atoms with Gasteiger partial charge in [-0.05, 0) is 30.3 Å². The summed E-state index contributed by atoms with van der Waals surface area (Å²) in [5, 5.41) is 0. The molecule has 0 fully saturated rings. The number of hydrogen-bond acceptors (Lipinski definition) is 4. The Balaban J connectivity index is 1.77. The minimum Gasteiger partial charge on any atom is -0.497 e. The summed E-state index contributed by atoms with van der Waals surface area (Å²) in [4.78, 5) is 24.4. The molecule has 0 spiro atoms. The monoisotopic (exact) mass is 316 g/mol. The second-order valence-corrected chi connectivity index (χ2v) is 5.38. The van der Waals surface area contributed by atoms with E-state index in [9.17, 15) is 9.59 Å². The lowest BCUT2D eigenvalue weighted by Crippen LogP contribution is -2.42. The first kappa shape index (κ1) is 15.9. The molecule has 0 bridgehead atoms. The zero-order valence-electron chi connectivity index (χ0n) is 12.0. The van der Waals surface area contributed by atoms with E-state index in [1.807, 2.05) is 30.3 Å². The number of hydrogen-bond donors (Lipinski definition) is 2. The molecular weight excluding hydrogens is 300 g/mol. The number of carbonyl (C=O) groups excluding carboxylic acids is 2. The lowest BCUT2D eigenvalue weighted by atomic mass is 10.2. The van der Waals surface area contributed by atoms with Crippen molar-refractivity contribution >= 4 is 23.6 Å². The van der Waals surface area contributed by atoms with E-state index in [0.717, 1.165) is 10.6 Å². The highest BCUT2D eigenvalue weighted by Crippen LogP contribution is 2.22. The summed E-state index contributed by atoms with van der Waals surface area (Å²) >= 11 is 1.36. The lowest BCUT2D eigenvalue weighted by Gasteiger charge is -2.07. The molecule has 2 aromatic carbocycles. The van der Waals surface area contributed by atoms with Crippen LogP contribution in [-0.2, 0) is 4.79 Å². The fraction of sp³-hybridized carbons (Fsp3) is 0.125. The van der Waals surface area contributed by atoms with E-state index >= 15 is 0 Å². The number of thioether (sulfide) groups is 1. The van der Waals surface area contributed by atoms with Crippen molar-refractivity contribution in [3.63, 3.8) is 0 Å². The highest BCUT2D eigenvalue weighted by Gasteiger charge is 2.07. The van der Waals surface area contributed by atoms with Crippen molar-refractivity contribution in [2.24, 2.45) is 0 Å². The van der Waals surface area contributed by atoms with Crippen molar-refractivity contribution in [2.75, 3.05) is 12.9 Å². The van der Waals surface area contributed by atoms with Gasteiger partial charge in [0.1, 0.15) is 5.75 Å². The average molecular weight is 316 g/mol. The summed E-state index contributed by atoms with van der Waals surface area (Å²) in [5.74, 6) is 0.308. The van der Waals surface area contributed by atoms with Crippen molar-refractivity contribution in [1.29, 1.82) is 0 Å². The largest absolute Gasteiger partial charge is 0.497 e. The van der Waals surface area contributed by atoms with Crippen LogP contribution in [0.1, 0.15) is 10.4 Å². The van der Waals surface area contributed by atoms with Crippen LogP contribution in [0.2, 0.25) is 0 Å². The molecule has 0 aromatic heterocycles. The van der Waals surface area contributed by atoms with Gasteiger partial charge < -0.3 is 4.74 Å². The number of amides is 2. The quantitative estimate of drug-likeness (QED) is 0.656. The number of methoxy groups -OCH3 is 1. The van der Waals surface area contributed by atoms with Crippen LogP contribution in [0, 0.1) is 0 Å². The van der Waals surface area contributed by atoms with E-state index < -0.39 is 0 Å². The molecule has 0 unspecified atom stereocenters. The highest BCUT2D eigenvalue weighted by atomic mass is 32.2. The van der Waals surface area contributed by atoms with Crippen LogP contribution in [0.3, 0.4) is 0 Å². The van der Waals surface area contributed by atoms with Crippen molar-refractivity contribution in [3.05, 3.63) is 60.2 Å². The molecule has 0 saturated heterocycles. The predicted octanol–water partition coefficient (Wildman–Crippen LogP) is 2.25. The third-order valence-corrected chi connectivity index (χ3v) is 3.76. The fourth-order valence-corrected chi connectivity index (χ4v) is 2.41. The molecule has 5 nitrogen and oxygen atoms in total. The molecule has 2 N–H and O–H groups in total. The van der Waals surface area contributed by atoms with Gasteiger partial charge in [0.15, 0.2) is 0 Å². The van der Waals surface area contributed by atoms with Gasteiger partial charge in [0.05, 0.1) is 12.9 Å². The number of carbonyl (C=O) groups is 2. The summed E-state index contributed by atoms with van der Waals surface area (Å²) < 4.78 is 5.12. The predicted molar refractivity (Wildman–Crippen MR) is 85.8 cm³/mol. The van der Waals surface area contributed by atoms with Crippen LogP contribution in [0.4, 0.5) is 0 Å². The Morgan fingerprint density at radius 2 is 1.82 bits per heavy atom. The number of ether oxygens (including phenoxy) is 1. The zero-order chi connectivity index (χ0) is 15.8. The highest BCUT2D eigenvalue weighted by molar-refractivity contribution is 8.00. The summed E-state index contributed by atoms with van der Waals surface area (Å²) in [7, 11) is 1.59. The zero-order valence-corrected chi connectivity index (χ0v) is 12.9. The smallest absolute Gasteiger partial charge is 0.269 e. The Hall–Kier alpha value is -2.47. The molecule has 6 heteroatoms. The first-order chi connectivity index (χ1) is 10.7. The molecule has 2 amide bonds. The van der Waals surface area contributed by atoms with Crippen molar-refractivity contribution in [2.45, 2.75) is 4.90 Å². The van der Waals surface area contributed by atoms with Crippen LogP contribution < -0.4 is 15.6 Å². The number of hydrazine groups is 1. The van der Waals surface area contributed by atoms with Gasteiger partial charge in [-0.3, -0.25) is 20.4 Å². The third kappa shape index (κ3) is 4.82. The first-order valence-corrected chi connectivity index (χ1v) is 7.58. The lowest BCUT2D eigenvalue weighted by molar-refractivity contribution is -0.119. The Kier molecular flexibility index (Phi) is 5.85. The second-order valence-electron chi connectivity index (χ2n) is 4.34. The second kappa shape index (κ2) is 8.09. The van der Waals surface area contributed by atoms with Crippen LogP contribution in [0.15, 0.2) is 59.5 Å². The molecule has 0 radical (unpaired) electrons. The van der Waals surface area contributed by atoms with E-state index in [2.05, 4.69) is 10.9 Å². The Labute approximate surface area is 133 Å². The topological polar surface area (TPSA) is 67.4 Å². The van der Waals surface area contributed by atoms with Crippen LogP contribution >= 0.6 is 11.8 Å². The molecule has 0 aliphatic carbocycles. The van der Waals surface area contributed by atoms with Crippen LogP contribution in [0.5, 0.6) is 5.75 Å². The number of benzene rings is 2. The van der Waals surface area contributed by atoms with E-state index in [-0.39, 0.29) is 17.6 Å². The van der Waals surface area contributed by atoms with Crippen LogP contribution in [-0.4, -0.2) is 24.7 Å². The molecule has 2 aromatic rings. The molecule has 0 heterocycles. The maximum Gasteiger partial charge on any atom is 0.269 e. The van der Waals surface area contributed by atoms with Crippen molar-refractivity contribution in [3.8, 4) is 5.75 Å². The summed E-state index contributed by atoms with van der Waals surface area (Å²) in [6, 6.07) is 16.1. The van der Waals surface area contributed by atoms with Gasteiger partial charge in [-0.15, -0.1) is 11.8 Å². The van der Waals surface area contributed by atoms with E-state index in [1.54, 1.807) is 31.4 Å². The Morgan fingerprint density at radius 1 is 1.05 bits per heavy atom. The molecular formula is C16H16N2O3S. The fourth-order valence-electron chi connectivity index (χ4n) is 1.66. The summed E-state index contributed by atoms with van der Waals surface area (Å²) in [6.45, 7) is 0. The molecule has 2 rings (SSSR count). The molecule has 0 saturated carbocycles. The maximum absolute atomic E-state index is 11.8. The van der Waals surface area contributed by atoms with E-state index in [0.29, 0.717) is 5.56 Å². The SMILES string of the molecule is COc1cccc(SCC(=O)NNC(=O)c2ccccc2)c1. The van der Waals surface area contributed by atoms with E-state index in [4.69, 9.17) is 4.74 Å². The van der Waals surface area contributed by atoms with Crippen LogP contribution in [0.25, 0.3) is 0 Å². The van der Waals surface area contributed by atoms with Gasteiger partial charge in [-0.2, -0.15) is 0 Å². The Bertz CT molecular complexity index is 647. The number of nitrogens with one attached hydrogen (secondary N) is 2. The molecule has 114 valence electrons. The summed E-state index contributed by atoms with van der Waals surface area (Å²) in [6.07, 6.45) is 0. The van der Waals surface area contributed by atoms with Gasteiger partial charge in [0.2, 0.25) is 5.91 Å².